The predicted octanol–water partition coefficient (Wildman–Crippen LogP) is 4.69. The Morgan fingerprint density at radius 1 is 1.22 bits per heavy atom. The SMILES string of the molecule is C[C@H](NC(=O)C1CC[C@H]2[C@@H]3CCC4N(C)C(=O)C(F)=C[C@]4(C)[C@@H]3CC[C@]12C)c1nc2cccnc2[nH]1. The number of likely N-dealkylation sites (N-methyl/N-ethyl adjacent to an activating group) is 1. The van der Waals surface area contributed by atoms with Crippen LogP contribution >= 0.6 is 0 Å². The molecule has 2 aromatic rings. The van der Waals surface area contributed by atoms with Gasteiger partial charge in [-0.1, -0.05) is 13.8 Å². The highest BCUT2D eigenvalue weighted by Gasteiger charge is 2.62. The Bertz CT molecular complexity index is 1220. The molecule has 3 aliphatic carbocycles. The molecule has 2 N–H and O–H groups in total. The molecule has 3 saturated carbocycles. The summed E-state index contributed by atoms with van der Waals surface area (Å²) in [6.45, 7) is 6.43. The lowest BCUT2D eigenvalue weighted by atomic mass is 9.47. The number of fused-ring (bicyclic) bond motifs is 6. The highest BCUT2D eigenvalue weighted by molar-refractivity contribution is 5.92. The van der Waals surface area contributed by atoms with E-state index in [4.69, 9.17) is 0 Å². The second-order valence-corrected chi connectivity index (χ2v) is 12.1. The van der Waals surface area contributed by atoms with Crippen molar-refractivity contribution >= 4 is 23.0 Å². The Labute approximate surface area is 211 Å². The molecule has 2 unspecified atom stereocenters. The summed E-state index contributed by atoms with van der Waals surface area (Å²) < 4.78 is 14.6. The Morgan fingerprint density at radius 2 is 2.03 bits per heavy atom. The van der Waals surface area contributed by atoms with Crippen LogP contribution in [0.5, 0.6) is 0 Å². The average Bonchev–Trinajstić information content (AvgIpc) is 3.43. The molecule has 0 saturated heterocycles. The van der Waals surface area contributed by atoms with E-state index in [1.54, 1.807) is 24.2 Å². The number of hydrogen-bond donors (Lipinski definition) is 2. The van der Waals surface area contributed by atoms with Crippen molar-refractivity contribution in [3.63, 3.8) is 0 Å². The van der Waals surface area contributed by atoms with E-state index in [1.165, 1.54) is 0 Å². The van der Waals surface area contributed by atoms with E-state index in [0.717, 1.165) is 55.5 Å². The van der Waals surface area contributed by atoms with E-state index in [2.05, 4.69) is 34.1 Å². The van der Waals surface area contributed by atoms with Gasteiger partial charge >= 0.3 is 0 Å². The van der Waals surface area contributed by atoms with Crippen LogP contribution in [-0.4, -0.2) is 44.8 Å². The first-order valence-corrected chi connectivity index (χ1v) is 13.4. The lowest BCUT2D eigenvalue weighted by Crippen LogP contribution is -2.60. The summed E-state index contributed by atoms with van der Waals surface area (Å²) in [5.74, 6) is 0.917. The van der Waals surface area contributed by atoms with Gasteiger partial charge in [-0.3, -0.25) is 9.59 Å². The van der Waals surface area contributed by atoms with Crippen molar-refractivity contribution in [3.05, 3.63) is 36.1 Å². The number of H-pyrrole nitrogens is 1. The fraction of sp³-hybridized carbons (Fsp3) is 0.643. The van der Waals surface area contributed by atoms with Crippen LogP contribution in [0.2, 0.25) is 0 Å². The van der Waals surface area contributed by atoms with Gasteiger partial charge in [-0.05, 0) is 86.8 Å². The van der Waals surface area contributed by atoms with E-state index in [1.807, 2.05) is 19.1 Å². The Morgan fingerprint density at radius 3 is 2.81 bits per heavy atom. The summed E-state index contributed by atoms with van der Waals surface area (Å²) >= 11 is 0. The fourth-order valence-corrected chi connectivity index (χ4v) is 8.71. The van der Waals surface area contributed by atoms with Crippen molar-refractivity contribution in [2.45, 2.75) is 71.4 Å². The molecule has 2 aromatic heterocycles. The molecular formula is C28H36FN5O2. The van der Waals surface area contributed by atoms with E-state index < -0.39 is 11.7 Å². The quantitative estimate of drug-likeness (QED) is 0.649. The predicted molar refractivity (Wildman–Crippen MR) is 134 cm³/mol. The largest absolute Gasteiger partial charge is 0.346 e. The standard InChI is InChI=1S/C28H36FN5O2/c1-15(23-32-21-6-5-13-30-24(21)33-23)31-25(35)19-9-8-17-16-7-10-22-28(3,14-20(29)26(36)34(22)4)18(16)11-12-27(17,19)2/h5-6,13-19,22H,7-12H2,1-4H3,(H,31,35)(H,30,32,33)/t15-,16-,17-,18+,19?,22?,27-,28+/m0/s1. The maximum Gasteiger partial charge on any atom is 0.282 e. The Balaban J connectivity index is 1.21. The fourth-order valence-electron chi connectivity index (χ4n) is 8.71. The van der Waals surface area contributed by atoms with Crippen LogP contribution in [0.25, 0.3) is 11.2 Å². The van der Waals surface area contributed by atoms with Crippen LogP contribution in [0.4, 0.5) is 4.39 Å². The van der Waals surface area contributed by atoms with Gasteiger partial charge in [-0.2, -0.15) is 0 Å². The van der Waals surface area contributed by atoms with Crippen molar-refractivity contribution < 1.29 is 14.0 Å². The van der Waals surface area contributed by atoms with Crippen molar-refractivity contribution in [1.82, 2.24) is 25.2 Å². The zero-order valence-corrected chi connectivity index (χ0v) is 21.6. The van der Waals surface area contributed by atoms with Gasteiger partial charge in [0.15, 0.2) is 11.5 Å². The number of halogens is 1. The number of carbonyl (C=O) groups excluding carboxylic acids is 2. The minimum absolute atomic E-state index is 0.0400. The number of nitrogens with one attached hydrogen (secondary N) is 2. The van der Waals surface area contributed by atoms with Gasteiger partial charge in [0.25, 0.3) is 5.91 Å². The second-order valence-electron chi connectivity index (χ2n) is 12.1. The molecule has 4 aliphatic rings. The van der Waals surface area contributed by atoms with E-state index in [9.17, 15) is 14.0 Å². The third-order valence-electron chi connectivity index (χ3n) is 10.5. The molecule has 8 atom stereocenters. The molecule has 3 heterocycles. The zero-order valence-electron chi connectivity index (χ0n) is 21.6. The van der Waals surface area contributed by atoms with E-state index in [0.29, 0.717) is 17.8 Å². The van der Waals surface area contributed by atoms with E-state index in [-0.39, 0.29) is 34.7 Å². The molecule has 2 amide bonds. The summed E-state index contributed by atoms with van der Waals surface area (Å²) in [6.07, 6.45) is 9.13. The molecule has 36 heavy (non-hydrogen) atoms. The summed E-state index contributed by atoms with van der Waals surface area (Å²) in [6, 6.07) is 3.58. The number of hydrogen-bond acceptors (Lipinski definition) is 4. The first-order valence-electron chi connectivity index (χ1n) is 13.4. The molecule has 6 rings (SSSR count). The van der Waals surface area contributed by atoms with Gasteiger partial charge in [0, 0.05) is 30.6 Å². The molecule has 0 radical (unpaired) electrons. The minimum atomic E-state index is -0.608. The summed E-state index contributed by atoms with van der Waals surface area (Å²) in [5.41, 5.74) is 1.11. The van der Waals surface area contributed by atoms with E-state index >= 15 is 0 Å². The number of pyridine rings is 1. The number of amides is 2. The lowest BCUT2D eigenvalue weighted by Gasteiger charge is -2.60. The zero-order chi connectivity index (χ0) is 25.4. The molecule has 8 heteroatoms. The van der Waals surface area contributed by atoms with Gasteiger partial charge in [0.2, 0.25) is 5.91 Å². The molecule has 3 fully saturated rings. The average molecular weight is 494 g/mol. The Hall–Kier alpha value is -2.77. The first kappa shape index (κ1) is 23.6. The van der Waals surface area contributed by atoms with Crippen LogP contribution < -0.4 is 5.32 Å². The van der Waals surface area contributed by atoms with Crippen molar-refractivity contribution in [3.8, 4) is 0 Å². The van der Waals surface area contributed by atoms with Crippen LogP contribution in [0.1, 0.15) is 71.2 Å². The molecular weight excluding hydrogens is 457 g/mol. The summed E-state index contributed by atoms with van der Waals surface area (Å²) in [7, 11) is 1.75. The minimum Gasteiger partial charge on any atom is -0.346 e. The first-order chi connectivity index (χ1) is 17.1. The van der Waals surface area contributed by atoms with Gasteiger partial charge in [-0.25, -0.2) is 14.4 Å². The number of imidazole rings is 1. The molecule has 0 aromatic carbocycles. The molecule has 0 spiro atoms. The Kier molecular flexibility index (Phi) is 5.33. The number of carbonyl (C=O) groups is 2. The molecule has 192 valence electrons. The normalized spacial score (nSPS) is 38.7. The lowest BCUT2D eigenvalue weighted by molar-refractivity contribution is -0.145. The van der Waals surface area contributed by atoms with Crippen molar-refractivity contribution in [2.24, 2.45) is 34.5 Å². The number of aromatic amines is 1. The second kappa shape index (κ2) is 8.12. The van der Waals surface area contributed by atoms with Crippen LogP contribution in [0.15, 0.2) is 30.2 Å². The van der Waals surface area contributed by atoms with Crippen LogP contribution in [0.3, 0.4) is 0 Å². The summed E-state index contributed by atoms with van der Waals surface area (Å²) in [5, 5.41) is 3.23. The van der Waals surface area contributed by atoms with Crippen molar-refractivity contribution in [1.29, 1.82) is 0 Å². The van der Waals surface area contributed by atoms with Gasteiger partial charge < -0.3 is 15.2 Å². The van der Waals surface area contributed by atoms with Gasteiger partial charge in [0.1, 0.15) is 11.3 Å². The maximum absolute atomic E-state index is 14.6. The van der Waals surface area contributed by atoms with Crippen LogP contribution in [0, 0.1) is 34.5 Å². The number of nitrogens with zero attached hydrogens (tertiary/aromatic N) is 3. The maximum atomic E-state index is 14.6. The van der Waals surface area contributed by atoms with Gasteiger partial charge in [0.05, 0.1) is 6.04 Å². The smallest absolute Gasteiger partial charge is 0.282 e. The molecule has 1 aliphatic heterocycles. The molecule has 0 bridgehead atoms. The van der Waals surface area contributed by atoms with Crippen LogP contribution in [-0.2, 0) is 9.59 Å². The summed E-state index contributed by atoms with van der Waals surface area (Å²) in [4.78, 5) is 39.7. The third kappa shape index (κ3) is 3.28. The monoisotopic (exact) mass is 493 g/mol. The van der Waals surface area contributed by atoms with Gasteiger partial charge in [-0.15, -0.1) is 0 Å². The third-order valence-corrected chi connectivity index (χ3v) is 10.5. The highest BCUT2D eigenvalue weighted by Crippen LogP contribution is 2.65. The number of aromatic nitrogens is 3. The van der Waals surface area contributed by atoms with Crippen molar-refractivity contribution in [2.75, 3.05) is 7.05 Å². The number of rotatable bonds is 3. The highest BCUT2D eigenvalue weighted by atomic mass is 19.1. The topological polar surface area (TPSA) is 91.0 Å². The molecule has 7 nitrogen and oxygen atoms in total.